The fraction of sp³-hybridized carbons (Fsp3) is 0.267. The molecule has 0 saturated heterocycles. The molecule has 23 heavy (non-hydrogen) atoms. The maximum atomic E-state index is 11.8. The first-order valence-electron chi connectivity index (χ1n) is 7.04. The summed E-state index contributed by atoms with van der Waals surface area (Å²) in [5.74, 6) is -0.0185. The number of amides is 1. The fourth-order valence-corrected chi connectivity index (χ4v) is 2.84. The van der Waals surface area contributed by atoms with E-state index < -0.39 is 0 Å². The summed E-state index contributed by atoms with van der Waals surface area (Å²) in [7, 11) is 1.58. The number of benzene rings is 1. The number of anilines is 1. The van der Waals surface area contributed by atoms with Crippen LogP contribution in [0.2, 0.25) is 0 Å². The Morgan fingerprint density at radius 2 is 2.13 bits per heavy atom. The molecule has 120 valence electrons. The average Bonchev–Trinajstić information content (AvgIpc) is 3.12. The van der Waals surface area contributed by atoms with Gasteiger partial charge in [0.25, 0.3) is 11.9 Å². The molecule has 8 heteroatoms. The quantitative estimate of drug-likeness (QED) is 0.670. The summed E-state index contributed by atoms with van der Waals surface area (Å²) in [6.45, 7) is 0.766. The molecule has 3 aromatic rings. The molecule has 7 nitrogen and oxygen atoms in total. The number of methoxy groups -OCH3 is 1. The Labute approximate surface area is 136 Å². The first kappa shape index (κ1) is 15.6. The molecule has 0 aliphatic heterocycles. The topological polar surface area (TPSA) is 77.8 Å². The van der Waals surface area contributed by atoms with Gasteiger partial charge in [-0.1, -0.05) is 30.3 Å². The number of rotatable bonds is 7. The van der Waals surface area contributed by atoms with Crippen LogP contribution in [0, 0.1) is 0 Å². The molecule has 0 fully saturated rings. The van der Waals surface area contributed by atoms with Crippen molar-refractivity contribution in [2.45, 2.75) is 0 Å². The smallest absolute Gasteiger partial charge is 0.252 e. The number of nitrogens with one attached hydrogen (secondary N) is 1. The molecular weight excluding hydrogens is 316 g/mol. The number of hydrogen-bond donors (Lipinski definition) is 1. The van der Waals surface area contributed by atoms with E-state index in [1.54, 1.807) is 11.6 Å². The van der Waals surface area contributed by atoms with Crippen LogP contribution in [0.1, 0.15) is 0 Å². The van der Waals surface area contributed by atoms with Crippen molar-refractivity contribution >= 4 is 28.2 Å². The predicted octanol–water partition coefficient (Wildman–Crippen LogP) is 2.06. The summed E-state index contributed by atoms with van der Waals surface area (Å²) >= 11 is 1.47. The number of aromatic nitrogens is 3. The van der Waals surface area contributed by atoms with Crippen LogP contribution in [0.4, 0.5) is 5.95 Å². The van der Waals surface area contributed by atoms with Gasteiger partial charge in [-0.15, -0.1) is 16.4 Å². The number of carbonyl (C=O) groups is 1. The molecule has 0 spiro atoms. The van der Waals surface area contributed by atoms with Gasteiger partial charge in [0, 0.05) is 18.1 Å². The number of hydrogen-bond acceptors (Lipinski definition) is 6. The van der Waals surface area contributed by atoms with Crippen molar-refractivity contribution in [3.63, 3.8) is 0 Å². The Morgan fingerprint density at radius 3 is 2.91 bits per heavy atom. The molecule has 2 aromatic heterocycles. The van der Waals surface area contributed by atoms with Crippen LogP contribution < -0.4 is 5.32 Å². The molecule has 0 bridgehead atoms. The number of thiazole rings is 1. The van der Waals surface area contributed by atoms with Crippen molar-refractivity contribution in [2.75, 3.05) is 32.2 Å². The first-order valence-corrected chi connectivity index (χ1v) is 7.92. The van der Waals surface area contributed by atoms with E-state index in [0.717, 1.165) is 16.2 Å². The second-order valence-electron chi connectivity index (χ2n) is 4.71. The van der Waals surface area contributed by atoms with E-state index in [-0.39, 0.29) is 18.5 Å². The second-order valence-corrected chi connectivity index (χ2v) is 5.55. The minimum absolute atomic E-state index is 0.0538. The van der Waals surface area contributed by atoms with E-state index in [0.29, 0.717) is 13.2 Å². The monoisotopic (exact) mass is 332 g/mol. The number of carbonyl (C=O) groups excluding carboxylic acids is 1. The lowest BCUT2D eigenvalue weighted by atomic mass is 10.2. The first-order chi connectivity index (χ1) is 11.3. The van der Waals surface area contributed by atoms with Crippen molar-refractivity contribution in [1.29, 1.82) is 0 Å². The lowest BCUT2D eigenvalue weighted by Gasteiger charge is -2.02. The van der Waals surface area contributed by atoms with Crippen molar-refractivity contribution in [3.05, 3.63) is 35.7 Å². The maximum Gasteiger partial charge on any atom is 0.252 e. The zero-order valence-electron chi connectivity index (χ0n) is 12.6. The van der Waals surface area contributed by atoms with Crippen molar-refractivity contribution in [1.82, 2.24) is 14.6 Å². The summed E-state index contributed by atoms with van der Waals surface area (Å²) in [5.41, 5.74) is 1.99. The number of nitrogens with zero attached hydrogens (tertiary/aromatic N) is 3. The van der Waals surface area contributed by atoms with Gasteiger partial charge in [0.05, 0.1) is 18.9 Å². The second kappa shape index (κ2) is 7.32. The van der Waals surface area contributed by atoms with Crippen LogP contribution >= 0.6 is 11.3 Å². The third kappa shape index (κ3) is 3.73. The molecule has 0 radical (unpaired) electrons. The standard InChI is InChI=1S/C15H16N4O3S/c1-21-7-8-22-9-13(20)16-14-17-15-19(18-14)12(10-23-15)11-5-3-2-4-6-11/h2-6,10H,7-9H2,1H3,(H,16,18,20). The maximum absolute atomic E-state index is 11.8. The highest BCUT2D eigenvalue weighted by Crippen LogP contribution is 2.25. The van der Waals surface area contributed by atoms with Gasteiger partial charge >= 0.3 is 0 Å². The molecule has 0 saturated carbocycles. The van der Waals surface area contributed by atoms with Crippen molar-refractivity contribution in [3.8, 4) is 11.3 Å². The normalized spacial score (nSPS) is 11.0. The van der Waals surface area contributed by atoms with Gasteiger partial charge < -0.3 is 9.47 Å². The summed E-state index contributed by atoms with van der Waals surface area (Å²) in [4.78, 5) is 16.8. The lowest BCUT2D eigenvalue weighted by molar-refractivity contribution is -0.121. The van der Waals surface area contributed by atoms with Crippen LogP contribution in [0.5, 0.6) is 0 Å². The van der Waals surface area contributed by atoms with Gasteiger partial charge in [-0.3, -0.25) is 10.1 Å². The molecule has 0 aliphatic carbocycles. The van der Waals surface area contributed by atoms with Crippen molar-refractivity contribution < 1.29 is 14.3 Å². The predicted molar refractivity (Wildman–Crippen MR) is 87.6 cm³/mol. The molecular formula is C15H16N4O3S. The molecule has 2 heterocycles. The van der Waals surface area contributed by atoms with E-state index in [1.165, 1.54) is 11.3 Å². The van der Waals surface area contributed by atoms with E-state index in [9.17, 15) is 4.79 Å². The van der Waals surface area contributed by atoms with Gasteiger partial charge in [0.15, 0.2) is 0 Å². The van der Waals surface area contributed by atoms with Crippen LogP contribution in [0.15, 0.2) is 35.7 Å². The van der Waals surface area contributed by atoms with Crippen LogP contribution in [0.3, 0.4) is 0 Å². The Bertz CT molecular complexity index is 784. The Morgan fingerprint density at radius 1 is 1.30 bits per heavy atom. The van der Waals surface area contributed by atoms with Gasteiger partial charge in [-0.25, -0.2) is 4.52 Å². The Balaban J connectivity index is 1.69. The third-order valence-corrected chi connectivity index (χ3v) is 3.88. The third-order valence-electron chi connectivity index (χ3n) is 3.07. The number of fused-ring (bicyclic) bond motifs is 1. The van der Waals surface area contributed by atoms with E-state index >= 15 is 0 Å². The minimum Gasteiger partial charge on any atom is -0.382 e. The van der Waals surface area contributed by atoms with Crippen LogP contribution in [0.25, 0.3) is 16.2 Å². The molecule has 3 rings (SSSR count). The molecule has 0 atom stereocenters. The Hall–Kier alpha value is -2.29. The van der Waals surface area contributed by atoms with Gasteiger partial charge in [-0.05, 0) is 0 Å². The van der Waals surface area contributed by atoms with Crippen molar-refractivity contribution in [2.24, 2.45) is 0 Å². The van der Waals surface area contributed by atoms with E-state index in [2.05, 4.69) is 15.4 Å². The minimum atomic E-state index is -0.291. The molecule has 1 amide bonds. The zero-order valence-corrected chi connectivity index (χ0v) is 13.4. The highest BCUT2D eigenvalue weighted by molar-refractivity contribution is 7.15. The fourth-order valence-electron chi connectivity index (χ4n) is 2.01. The van der Waals surface area contributed by atoms with Crippen LogP contribution in [-0.2, 0) is 14.3 Å². The molecule has 1 aromatic carbocycles. The number of ether oxygens (including phenoxy) is 2. The highest BCUT2D eigenvalue weighted by Gasteiger charge is 2.13. The van der Waals surface area contributed by atoms with E-state index in [1.807, 2.05) is 35.7 Å². The summed E-state index contributed by atoms with van der Waals surface area (Å²) in [5, 5.41) is 8.96. The Kier molecular flexibility index (Phi) is 4.96. The summed E-state index contributed by atoms with van der Waals surface area (Å²) in [6, 6.07) is 9.91. The summed E-state index contributed by atoms with van der Waals surface area (Å²) in [6.07, 6.45) is 0. The lowest BCUT2D eigenvalue weighted by Crippen LogP contribution is -2.20. The SMILES string of the molecule is COCCOCC(=O)Nc1nc2scc(-c3ccccc3)n2n1. The highest BCUT2D eigenvalue weighted by atomic mass is 32.1. The zero-order chi connectivity index (χ0) is 16.1. The van der Waals surface area contributed by atoms with Gasteiger partial charge in [0.2, 0.25) is 4.96 Å². The van der Waals surface area contributed by atoms with Crippen LogP contribution in [-0.4, -0.2) is 47.4 Å². The average molecular weight is 332 g/mol. The molecule has 0 aliphatic rings. The summed E-state index contributed by atoms with van der Waals surface area (Å²) < 4.78 is 11.7. The van der Waals surface area contributed by atoms with Gasteiger partial charge in [0.1, 0.15) is 6.61 Å². The van der Waals surface area contributed by atoms with Gasteiger partial charge in [-0.2, -0.15) is 4.98 Å². The molecule has 1 N–H and O–H groups in total. The largest absolute Gasteiger partial charge is 0.382 e. The van der Waals surface area contributed by atoms with E-state index in [4.69, 9.17) is 9.47 Å². The molecule has 0 unspecified atom stereocenters.